The lowest BCUT2D eigenvalue weighted by Gasteiger charge is -2.25. The van der Waals surface area contributed by atoms with Gasteiger partial charge in [-0.3, -0.25) is 4.98 Å². The molecule has 1 saturated carbocycles. The van der Waals surface area contributed by atoms with E-state index in [0.29, 0.717) is 0 Å². The molecule has 1 aliphatic carbocycles. The zero-order chi connectivity index (χ0) is 13.7. The van der Waals surface area contributed by atoms with Crippen molar-refractivity contribution in [2.24, 2.45) is 0 Å². The molecule has 0 bridgehead atoms. The summed E-state index contributed by atoms with van der Waals surface area (Å²) in [5.41, 5.74) is 3.65. The van der Waals surface area contributed by atoms with Crippen LogP contribution in [0, 0.1) is 6.92 Å². The van der Waals surface area contributed by atoms with E-state index < -0.39 is 0 Å². The highest BCUT2D eigenvalue weighted by Crippen LogP contribution is 2.24. The lowest BCUT2D eigenvalue weighted by atomic mass is 10.1. The Kier molecular flexibility index (Phi) is 5.16. The minimum absolute atomic E-state index is 0.725. The molecule has 0 spiro atoms. The number of hydrogen-bond acceptors (Lipinski definition) is 4. The van der Waals surface area contributed by atoms with E-state index in [1.54, 1.807) is 7.11 Å². The SMILES string of the molecule is CCN(CCOC)c1cc(C)ncc1CNC1CC1. The maximum absolute atomic E-state index is 5.20. The standard InChI is InChI=1S/C15H25N3O/c1-4-18(7-8-19-3)15-9-12(2)16-10-13(15)11-17-14-5-6-14/h9-10,14,17H,4-8,11H2,1-3H3. The molecule has 1 aromatic heterocycles. The Hall–Kier alpha value is -1.13. The van der Waals surface area contributed by atoms with E-state index in [4.69, 9.17) is 4.74 Å². The van der Waals surface area contributed by atoms with Gasteiger partial charge in [-0.2, -0.15) is 0 Å². The highest BCUT2D eigenvalue weighted by molar-refractivity contribution is 5.53. The number of methoxy groups -OCH3 is 1. The fraction of sp³-hybridized carbons (Fsp3) is 0.667. The second kappa shape index (κ2) is 6.87. The first-order valence-electron chi connectivity index (χ1n) is 7.17. The maximum Gasteiger partial charge on any atom is 0.0637 e. The van der Waals surface area contributed by atoms with Crippen LogP contribution < -0.4 is 10.2 Å². The van der Waals surface area contributed by atoms with E-state index in [0.717, 1.165) is 38.0 Å². The molecule has 106 valence electrons. The van der Waals surface area contributed by atoms with Gasteiger partial charge in [0.15, 0.2) is 0 Å². The van der Waals surface area contributed by atoms with Crippen molar-refractivity contribution in [1.29, 1.82) is 0 Å². The van der Waals surface area contributed by atoms with Crippen molar-refractivity contribution in [1.82, 2.24) is 10.3 Å². The van der Waals surface area contributed by atoms with Crippen LogP contribution in [-0.2, 0) is 11.3 Å². The zero-order valence-corrected chi connectivity index (χ0v) is 12.3. The number of aryl methyl sites for hydroxylation is 1. The van der Waals surface area contributed by atoms with E-state index in [9.17, 15) is 0 Å². The van der Waals surface area contributed by atoms with Gasteiger partial charge >= 0.3 is 0 Å². The van der Waals surface area contributed by atoms with Gasteiger partial charge in [0.25, 0.3) is 0 Å². The maximum atomic E-state index is 5.20. The van der Waals surface area contributed by atoms with Crippen molar-refractivity contribution in [3.63, 3.8) is 0 Å². The Morgan fingerprint density at radius 3 is 2.89 bits per heavy atom. The van der Waals surface area contributed by atoms with Crippen molar-refractivity contribution < 1.29 is 4.74 Å². The molecule has 4 nitrogen and oxygen atoms in total. The largest absolute Gasteiger partial charge is 0.383 e. The average molecular weight is 263 g/mol. The summed E-state index contributed by atoms with van der Waals surface area (Å²) in [7, 11) is 1.75. The second-order valence-corrected chi connectivity index (χ2v) is 5.18. The van der Waals surface area contributed by atoms with Crippen LogP contribution in [0.1, 0.15) is 31.0 Å². The number of pyridine rings is 1. The van der Waals surface area contributed by atoms with Crippen molar-refractivity contribution >= 4 is 5.69 Å². The number of hydrogen-bond donors (Lipinski definition) is 1. The van der Waals surface area contributed by atoms with Crippen LogP contribution in [0.5, 0.6) is 0 Å². The van der Waals surface area contributed by atoms with Gasteiger partial charge in [-0.1, -0.05) is 0 Å². The molecule has 0 aliphatic heterocycles. The topological polar surface area (TPSA) is 37.4 Å². The van der Waals surface area contributed by atoms with Crippen LogP contribution in [0.2, 0.25) is 0 Å². The summed E-state index contributed by atoms with van der Waals surface area (Å²) in [5.74, 6) is 0. The van der Waals surface area contributed by atoms with E-state index in [-0.39, 0.29) is 0 Å². The number of ether oxygens (including phenoxy) is 1. The molecule has 1 N–H and O–H groups in total. The summed E-state index contributed by atoms with van der Waals surface area (Å²) in [6.07, 6.45) is 4.64. The van der Waals surface area contributed by atoms with Crippen LogP contribution in [0.4, 0.5) is 5.69 Å². The van der Waals surface area contributed by atoms with Crippen molar-refractivity contribution in [3.8, 4) is 0 Å². The molecule has 0 amide bonds. The predicted octanol–water partition coefficient (Wildman–Crippen LogP) is 2.11. The molecule has 2 rings (SSSR count). The van der Waals surface area contributed by atoms with Crippen LogP contribution in [-0.4, -0.2) is 37.8 Å². The van der Waals surface area contributed by atoms with E-state index >= 15 is 0 Å². The monoisotopic (exact) mass is 263 g/mol. The third-order valence-electron chi connectivity index (χ3n) is 3.54. The summed E-state index contributed by atoms with van der Waals surface area (Å²) in [4.78, 5) is 6.80. The molecule has 1 heterocycles. The number of anilines is 1. The van der Waals surface area contributed by atoms with Gasteiger partial charge in [0.1, 0.15) is 0 Å². The molecule has 0 unspecified atom stereocenters. The quantitative estimate of drug-likeness (QED) is 0.779. The highest BCUT2D eigenvalue weighted by Gasteiger charge is 2.21. The number of nitrogens with zero attached hydrogens (tertiary/aromatic N) is 2. The van der Waals surface area contributed by atoms with Crippen molar-refractivity contribution in [3.05, 3.63) is 23.5 Å². The van der Waals surface area contributed by atoms with E-state index in [1.165, 1.54) is 24.1 Å². The third kappa shape index (κ3) is 4.18. The average Bonchev–Trinajstić information content (AvgIpc) is 3.23. The van der Waals surface area contributed by atoms with Gasteiger partial charge < -0.3 is 15.0 Å². The van der Waals surface area contributed by atoms with Crippen LogP contribution >= 0.6 is 0 Å². The van der Waals surface area contributed by atoms with Crippen LogP contribution in [0.3, 0.4) is 0 Å². The number of likely N-dealkylation sites (N-methyl/N-ethyl adjacent to an activating group) is 1. The molecule has 0 radical (unpaired) electrons. The summed E-state index contributed by atoms with van der Waals surface area (Å²) >= 11 is 0. The summed E-state index contributed by atoms with van der Waals surface area (Å²) in [5, 5.41) is 3.57. The Morgan fingerprint density at radius 1 is 1.47 bits per heavy atom. The molecule has 1 aliphatic rings. The fourth-order valence-electron chi connectivity index (χ4n) is 2.20. The van der Waals surface area contributed by atoms with E-state index in [2.05, 4.69) is 28.2 Å². The van der Waals surface area contributed by atoms with Crippen molar-refractivity contribution in [2.45, 2.75) is 39.3 Å². The molecule has 1 aromatic rings. The number of aromatic nitrogens is 1. The minimum Gasteiger partial charge on any atom is -0.383 e. The molecule has 0 saturated heterocycles. The van der Waals surface area contributed by atoms with E-state index in [1.807, 2.05) is 13.1 Å². The number of rotatable bonds is 8. The number of nitrogens with one attached hydrogen (secondary N) is 1. The lowest BCUT2D eigenvalue weighted by Crippen LogP contribution is -2.29. The Bertz CT molecular complexity index is 404. The molecular formula is C15H25N3O. The second-order valence-electron chi connectivity index (χ2n) is 5.18. The normalized spacial score (nSPS) is 14.7. The first-order valence-corrected chi connectivity index (χ1v) is 7.17. The molecule has 19 heavy (non-hydrogen) atoms. The van der Waals surface area contributed by atoms with Crippen LogP contribution in [0.25, 0.3) is 0 Å². The Balaban J connectivity index is 2.10. The van der Waals surface area contributed by atoms with Gasteiger partial charge in [0, 0.05) is 55.9 Å². The molecular weight excluding hydrogens is 238 g/mol. The van der Waals surface area contributed by atoms with Gasteiger partial charge in [0.05, 0.1) is 6.61 Å². The predicted molar refractivity (Wildman–Crippen MR) is 78.6 cm³/mol. The van der Waals surface area contributed by atoms with Crippen LogP contribution in [0.15, 0.2) is 12.3 Å². The third-order valence-corrected chi connectivity index (χ3v) is 3.54. The molecule has 1 fully saturated rings. The highest BCUT2D eigenvalue weighted by atomic mass is 16.5. The molecule has 0 atom stereocenters. The minimum atomic E-state index is 0.725. The Labute approximate surface area is 116 Å². The molecule has 0 aromatic carbocycles. The zero-order valence-electron chi connectivity index (χ0n) is 12.3. The first-order chi connectivity index (χ1) is 9.24. The Morgan fingerprint density at radius 2 is 2.26 bits per heavy atom. The smallest absolute Gasteiger partial charge is 0.0637 e. The summed E-state index contributed by atoms with van der Waals surface area (Å²) in [6.45, 7) is 7.81. The molecule has 4 heteroatoms. The summed E-state index contributed by atoms with van der Waals surface area (Å²) < 4.78 is 5.20. The lowest BCUT2D eigenvalue weighted by molar-refractivity contribution is 0.205. The first kappa shape index (κ1) is 14.3. The van der Waals surface area contributed by atoms with Gasteiger partial charge in [-0.05, 0) is 32.8 Å². The van der Waals surface area contributed by atoms with Gasteiger partial charge in [-0.25, -0.2) is 0 Å². The van der Waals surface area contributed by atoms with Gasteiger partial charge in [-0.15, -0.1) is 0 Å². The van der Waals surface area contributed by atoms with Gasteiger partial charge in [0.2, 0.25) is 0 Å². The summed E-state index contributed by atoms with van der Waals surface area (Å²) in [6, 6.07) is 2.91. The fourth-order valence-corrected chi connectivity index (χ4v) is 2.20. The van der Waals surface area contributed by atoms with Crippen molar-refractivity contribution in [2.75, 3.05) is 31.7 Å².